The zero-order chi connectivity index (χ0) is 19.4. The van der Waals surface area contributed by atoms with E-state index < -0.39 is 0 Å². The van der Waals surface area contributed by atoms with E-state index in [4.69, 9.17) is 0 Å². The highest BCUT2D eigenvalue weighted by molar-refractivity contribution is 6.02. The fourth-order valence-electron chi connectivity index (χ4n) is 2.90. The Morgan fingerprint density at radius 2 is 1.89 bits per heavy atom. The number of hydrogen-bond donors (Lipinski definition) is 2. The molecule has 27 heavy (non-hydrogen) atoms. The molecular formula is C22H23N3O2. The third-order valence-corrected chi connectivity index (χ3v) is 4.41. The smallest absolute Gasteiger partial charge is 0.248 e. The van der Waals surface area contributed by atoms with Crippen LogP contribution in [0.2, 0.25) is 0 Å². The Morgan fingerprint density at radius 3 is 2.59 bits per heavy atom. The molecule has 0 saturated carbocycles. The van der Waals surface area contributed by atoms with Crippen molar-refractivity contribution in [3.63, 3.8) is 0 Å². The van der Waals surface area contributed by atoms with Gasteiger partial charge in [-0.3, -0.25) is 9.48 Å². The minimum atomic E-state index is -0.259. The van der Waals surface area contributed by atoms with E-state index in [-0.39, 0.29) is 11.7 Å². The zero-order valence-electron chi connectivity index (χ0n) is 15.7. The van der Waals surface area contributed by atoms with Crippen molar-refractivity contribution in [2.24, 2.45) is 0 Å². The number of hydrogen-bond acceptors (Lipinski definition) is 3. The van der Waals surface area contributed by atoms with E-state index >= 15 is 0 Å². The van der Waals surface area contributed by atoms with E-state index in [0.717, 1.165) is 17.0 Å². The number of anilines is 1. The van der Waals surface area contributed by atoms with Crippen LogP contribution in [0.1, 0.15) is 28.1 Å². The van der Waals surface area contributed by atoms with Crippen LogP contribution in [-0.4, -0.2) is 20.8 Å². The van der Waals surface area contributed by atoms with Crippen molar-refractivity contribution in [3.05, 3.63) is 82.7 Å². The SMILES string of the molecule is Cc1ccc(Cn2nc(C)c(/C=C/C(=O)Nc3cccc(O)c3)c2C)cc1. The summed E-state index contributed by atoms with van der Waals surface area (Å²) in [6.45, 7) is 6.70. The lowest BCUT2D eigenvalue weighted by atomic mass is 10.1. The number of aryl methyl sites for hydroxylation is 2. The summed E-state index contributed by atoms with van der Waals surface area (Å²) in [7, 11) is 0. The summed E-state index contributed by atoms with van der Waals surface area (Å²) in [6, 6.07) is 14.8. The fourth-order valence-corrected chi connectivity index (χ4v) is 2.90. The highest BCUT2D eigenvalue weighted by atomic mass is 16.3. The van der Waals surface area contributed by atoms with Crippen molar-refractivity contribution in [2.75, 3.05) is 5.32 Å². The van der Waals surface area contributed by atoms with Crippen LogP contribution in [0, 0.1) is 20.8 Å². The van der Waals surface area contributed by atoms with Gasteiger partial charge in [-0.15, -0.1) is 0 Å². The van der Waals surface area contributed by atoms with Crippen LogP contribution in [-0.2, 0) is 11.3 Å². The Hall–Kier alpha value is -3.34. The molecule has 1 aromatic heterocycles. The fraction of sp³-hybridized carbons (Fsp3) is 0.182. The Morgan fingerprint density at radius 1 is 1.15 bits per heavy atom. The molecule has 2 aromatic carbocycles. The molecule has 1 heterocycles. The number of rotatable bonds is 5. The average Bonchev–Trinajstić information content (AvgIpc) is 2.88. The van der Waals surface area contributed by atoms with Crippen LogP contribution in [0.4, 0.5) is 5.69 Å². The maximum Gasteiger partial charge on any atom is 0.248 e. The predicted octanol–water partition coefficient (Wildman–Crippen LogP) is 4.21. The van der Waals surface area contributed by atoms with E-state index in [9.17, 15) is 9.90 Å². The van der Waals surface area contributed by atoms with Gasteiger partial charge in [-0.25, -0.2) is 0 Å². The van der Waals surface area contributed by atoms with Gasteiger partial charge >= 0.3 is 0 Å². The number of benzene rings is 2. The summed E-state index contributed by atoms with van der Waals surface area (Å²) in [4.78, 5) is 12.1. The molecule has 0 saturated heterocycles. The Labute approximate surface area is 159 Å². The van der Waals surface area contributed by atoms with Gasteiger partial charge in [-0.1, -0.05) is 35.9 Å². The van der Waals surface area contributed by atoms with Crippen LogP contribution < -0.4 is 5.32 Å². The summed E-state index contributed by atoms with van der Waals surface area (Å²) in [6.07, 6.45) is 3.26. The number of aromatic nitrogens is 2. The molecule has 5 nitrogen and oxygen atoms in total. The van der Waals surface area contributed by atoms with Crippen LogP contribution in [0.25, 0.3) is 6.08 Å². The molecule has 0 aliphatic carbocycles. The normalized spacial score (nSPS) is 11.1. The molecule has 0 radical (unpaired) electrons. The number of phenols is 1. The summed E-state index contributed by atoms with van der Waals surface area (Å²) in [5, 5.41) is 16.8. The van der Waals surface area contributed by atoms with Gasteiger partial charge in [0.1, 0.15) is 5.75 Å². The van der Waals surface area contributed by atoms with E-state index in [1.807, 2.05) is 18.5 Å². The first-order valence-electron chi connectivity index (χ1n) is 8.80. The number of nitrogens with zero attached hydrogens (tertiary/aromatic N) is 2. The molecule has 3 aromatic rings. The zero-order valence-corrected chi connectivity index (χ0v) is 15.7. The van der Waals surface area contributed by atoms with Gasteiger partial charge < -0.3 is 10.4 Å². The first kappa shape index (κ1) is 18.5. The van der Waals surface area contributed by atoms with Gasteiger partial charge in [0.25, 0.3) is 0 Å². The number of amides is 1. The molecule has 2 N–H and O–H groups in total. The maximum atomic E-state index is 12.1. The van der Waals surface area contributed by atoms with Crippen molar-refractivity contribution in [3.8, 4) is 5.75 Å². The first-order chi connectivity index (χ1) is 12.9. The van der Waals surface area contributed by atoms with Gasteiger partial charge in [0, 0.05) is 29.1 Å². The van der Waals surface area contributed by atoms with Crippen LogP contribution in [0.5, 0.6) is 5.75 Å². The molecule has 0 spiro atoms. The molecule has 0 fully saturated rings. The molecule has 0 bridgehead atoms. The molecule has 0 aliphatic heterocycles. The van der Waals surface area contributed by atoms with Crippen molar-refractivity contribution < 1.29 is 9.90 Å². The lowest BCUT2D eigenvalue weighted by molar-refractivity contribution is -0.111. The monoisotopic (exact) mass is 361 g/mol. The molecule has 0 atom stereocenters. The second kappa shape index (κ2) is 7.91. The molecule has 0 unspecified atom stereocenters. The van der Waals surface area contributed by atoms with Gasteiger partial charge in [0.05, 0.1) is 12.2 Å². The Kier molecular flexibility index (Phi) is 5.41. The Balaban J connectivity index is 1.73. The summed E-state index contributed by atoms with van der Waals surface area (Å²) >= 11 is 0. The van der Waals surface area contributed by atoms with Crippen molar-refractivity contribution in [1.29, 1.82) is 0 Å². The molecule has 1 amide bonds. The predicted molar refractivity (Wildman–Crippen MR) is 108 cm³/mol. The lowest BCUT2D eigenvalue weighted by Gasteiger charge is -2.05. The standard InChI is InChI=1S/C22H23N3O2/c1-15-7-9-18(10-8-15)14-25-17(3)21(16(2)24-25)11-12-22(27)23-19-5-4-6-20(26)13-19/h4-13,26H,14H2,1-3H3,(H,23,27)/b12-11+. The highest BCUT2D eigenvalue weighted by Crippen LogP contribution is 2.18. The van der Waals surface area contributed by atoms with Crippen LogP contribution >= 0.6 is 0 Å². The summed E-state index contributed by atoms with van der Waals surface area (Å²) in [5.74, 6) is -0.147. The van der Waals surface area contributed by atoms with Gasteiger partial charge in [0.15, 0.2) is 0 Å². The highest BCUT2D eigenvalue weighted by Gasteiger charge is 2.10. The maximum absolute atomic E-state index is 12.1. The third kappa shape index (κ3) is 4.64. The van der Waals surface area contributed by atoms with Gasteiger partial charge in [0.2, 0.25) is 5.91 Å². The van der Waals surface area contributed by atoms with E-state index in [1.54, 1.807) is 24.3 Å². The van der Waals surface area contributed by atoms with Crippen molar-refractivity contribution >= 4 is 17.7 Å². The molecule has 0 aliphatic rings. The second-order valence-corrected chi connectivity index (χ2v) is 6.60. The first-order valence-corrected chi connectivity index (χ1v) is 8.80. The number of phenolic OH excluding ortho intramolecular Hbond substituents is 1. The number of carbonyl (C=O) groups is 1. The minimum Gasteiger partial charge on any atom is -0.508 e. The van der Waals surface area contributed by atoms with Crippen molar-refractivity contribution in [2.45, 2.75) is 27.3 Å². The van der Waals surface area contributed by atoms with Crippen LogP contribution in [0.15, 0.2) is 54.6 Å². The van der Waals surface area contributed by atoms with E-state index in [1.165, 1.54) is 23.3 Å². The number of aromatic hydroxyl groups is 1. The van der Waals surface area contributed by atoms with Crippen molar-refractivity contribution in [1.82, 2.24) is 9.78 Å². The second-order valence-electron chi connectivity index (χ2n) is 6.60. The molecule has 138 valence electrons. The molecule has 5 heteroatoms. The average molecular weight is 361 g/mol. The summed E-state index contributed by atoms with van der Waals surface area (Å²) < 4.78 is 1.95. The van der Waals surface area contributed by atoms with E-state index in [0.29, 0.717) is 12.2 Å². The number of nitrogens with one attached hydrogen (secondary N) is 1. The third-order valence-electron chi connectivity index (χ3n) is 4.41. The minimum absolute atomic E-state index is 0.112. The van der Waals surface area contributed by atoms with Crippen LogP contribution in [0.3, 0.4) is 0 Å². The quantitative estimate of drug-likeness (QED) is 0.669. The Bertz CT molecular complexity index is 985. The van der Waals surface area contributed by atoms with E-state index in [2.05, 4.69) is 41.6 Å². The molecular weight excluding hydrogens is 338 g/mol. The number of carbonyl (C=O) groups excluding carboxylic acids is 1. The molecule has 3 rings (SSSR count). The van der Waals surface area contributed by atoms with Gasteiger partial charge in [-0.05, 0) is 44.5 Å². The largest absolute Gasteiger partial charge is 0.508 e. The topological polar surface area (TPSA) is 67.2 Å². The lowest BCUT2D eigenvalue weighted by Crippen LogP contribution is -2.07. The van der Waals surface area contributed by atoms with Gasteiger partial charge in [-0.2, -0.15) is 5.10 Å². The summed E-state index contributed by atoms with van der Waals surface area (Å²) in [5.41, 5.74) is 5.79.